The van der Waals surface area contributed by atoms with Crippen LogP contribution in [0.3, 0.4) is 0 Å². The first-order valence-electron chi connectivity index (χ1n) is 5.38. The average molecular weight is 254 g/mol. The molecule has 5 heteroatoms. The van der Waals surface area contributed by atoms with Gasteiger partial charge in [-0.1, -0.05) is 23.7 Å². The number of aliphatic carboxylic acids is 1. The first-order valence-corrected chi connectivity index (χ1v) is 5.75. The summed E-state index contributed by atoms with van der Waals surface area (Å²) in [6.07, 6.45) is 1.69. The molecule has 1 fully saturated rings. The molecule has 0 radical (unpaired) electrons. The minimum absolute atomic E-state index is 0.0546. The topological polar surface area (TPSA) is 66.4 Å². The summed E-state index contributed by atoms with van der Waals surface area (Å²) in [5.41, 5.74) is 0.307. The maximum atomic E-state index is 11.9. The van der Waals surface area contributed by atoms with E-state index >= 15 is 0 Å². The lowest BCUT2D eigenvalue weighted by Crippen LogP contribution is -2.42. The highest BCUT2D eigenvalue weighted by molar-refractivity contribution is 6.33. The van der Waals surface area contributed by atoms with E-state index in [-0.39, 0.29) is 5.92 Å². The zero-order valence-electron chi connectivity index (χ0n) is 9.02. The fourth-order valence-corrected chi connectivity index (χ4v) is 1.90. The third kappa shape index (κ3) is 2.77. The molecule has 1 saturated carbocycles. The van der Waals surface area contributed by atoms with Gasteiger partial charge < -0.3 is 10.4 Å². The molecule has 0 bridgehead atoms. The van der Waals surface area contributed by atoms with Crippen molar-refractivity contribution in [3.63, 3.8) is 0 Å². The highest BCUT2D eigenvalue weighted by atomic mass is 35.5. The first-order chi connectivity index (χ1) is 8.09. The molecule has 1 unspecified atom stereocenters. The van der Waals surface area contributed by atoms with Crippen molar-refractivity contribution in [3.05, 3.63) is 34.9 Å². The summed E-state index contributed by atoms with van der Waals surface area (Å²) in [5, 5.41) is 11.8. The zero-order chi connectivity index (χ0) is 12.4. The van der Waals surface area contributed by atoms with Crippen LogP contribution in [-0.4, -0.2) is 23.0 Å². The number of carboxylic acid groups (broad SMARTS) is 1. The lowest BCUT2D eigenvalue weighted by molar-refractivity contribution is -0.139. The molecule has 90 valence electrons. The normalized spacial score (nSPS) is 16.3. The molecule has 1 aliphatic carbocycles. The fourth-order valence-electron chi connectivity index (χ4n) is 1.68. The minimum Gasteiger partial charge on any atom is -0.480 e. The second-order valence-electron chi connectivity index (χ2n) is 4.11. The van der Waals surface area contributed by atoms with Crippen molar-refractivity contribution in [2.24, 2.45) is 5.92 Å². The van der Waals surface area contributed by atoms with Gasteiger partial charge in [-0.3, -0.25) is 4.79 Å². The summed E-state index contributed by atoms with van der Waals surface area (Å²) < 4.78 is 0. The Balaban J connectivity index is 2.10. The number of carbonyl (C=O) groups excluding carboxylic acids is 1. The van der Waals surface area contributed by atoms with E-state index in [0.717, 1.165) is 12.8 Å². The molecule has 0 aliphatic heterocycles. The van der Waals surface area contributed by atoms with Crippen molar-refractivity contribution in [1.29, 1.82) is 0 Å². The van der Waals surface area contributed by atoms with E-state index in [0.29, 0.717) is 10.6 Å². The van der Waals surface area contributed by atoms with Gasteiger partial charge in [-0.2, -0.15) is 0 Å². The summed E-state index contributed by atoms with van der Waals surface area (Å²) in [7, 11) is 0. The average Bonchev–Trinajstić information content (AvgIpc) is 3.09. The van der Waals surface area contributed by atoms with Gasteiger partial charge in [-0.25, -0.2) is 4.79 Å². The van der Waals surface area contributed by atoms with Gasteiger partial charge in [0.2, 0.25) is 0 Å². The maximum absolute atomic E-state index is 11.9. The van der Waals surface area contributed by atoms with E-state index in [4.69, 9.17) is 16.7 Å². The van der Waals surface area contributed by atoms with Crippen molar-refractivity contribution in [1.82, 2.24) is 5.32 Å². The SMILES string of the molecule is O=C(NC(C(=O)O)C1CC1)c1ccccc1Cl. The van der Waals surface area contributed by atoms with Crippen LogP contribution in [0.4, 0.5) is 0 Å². The first kappa shape index (κ1) is 11.9. The fraction of sp³-hybridized carbons (Fsp3) is 0.333. The number of hydrogen-bond donors (Lipinski definition) is 2. The molecular formula is C12H12ClNO3. The summed E-state index contributed by atoms with van der Waals surface area (Å²) in [5.74, 6) is -1.37. The largest absolute Gasteiger partial charge is 0.480 e. The van der Waals surface area contributed by atoms with E-state index in [2.05, 4.69) is 5.32 Å². The Kier molecular flexibility index (Phi) is 3.33. The van der Waals surface area contributed by atoms with Gasteiger partial charge in [0.1, 0.15) is 6.04 Å². The molecule has 2 N–H and O–H groups in total. The Morgan fingerprint density at radius 2 is 2.00 bits per heavy atom. The van der Waals surface area contributed by atoms with Crippen LogP contribution in [0.15, 0.2) is 24.3 Å². The lowest BCUT2D eigenvalue weighted by Gasteiger charge is -2.13. The highest BCUT2D eigenvalue weighted by Gasteiger charge is 2.37. The number of halogens is 1. The summed E-state index contributed by atoms with van der Waals surface area (Å²) in [4.78, 5) is 22.8. The molecule has 1 atom stereocenters. The van der Waals surface area contributed by atoms with Crippen molar-refractivity contribution < 1.29 is 14.7 Å². The molecule has 2 rings (SSSR count). The number of hydrogen-bond acceptors (Lipinski definition) is 2. The molecule has 17 heavy (non-hydrogen) atoms. The second-order valence-corrected chi connectivity index (χ2v) is 4.51. The van der Waals surface area contributed by atoms with Gasteiger partial charge in [-0.15, -0.1) is 0 Å². The molecule has 1 aromatic rings. The minimum atomic E-state index is -0.993. The third-order valence-electron chi connectivity index (χ3n) is 2.76. The van der Waals surface area contributed by atoms with Gasteiger partial charge >= 0.3 is 5.97 Å². The number of rotatable bonds is 4. The molecule has 1 aliphatic rings. The number of amides is 1. The summed E-state index contributed by atoms with van der Waals surface area (Å²) in [6, 6.07) is 5.77. The Bertz CT molecular complexity index is 457. The Hall–Kier alpha value is -1.55. The molecule has 0 aromatic heterocycles. The van der Waals surface area contributed by atoms with Crippen LogP contribution >= 0.6 is 11.6 Å². The third-order valence-corrected chi connectivity index (χ3v) is 3.09. The Morgan fingerprint density at radius 1 is 1.35 bits per heavy atom. The predicted molar refractivity (Wildman–Crippen MR) is 63.1 cm³/mol. The smallest absolute Gasteiger partial charge is 0.326 e. The number of carbonyl (C=O) groups is 2. The quantitative estimate of drug-likeness (QED) is 0.862. The van der Waals surface area contributed by atoms with E-state index in [1.54, 1.807) is 24.3 Å². The maximum Gasteiger partial charge on any atom is 0.326 e. The molecule has 0 spiro atoms. The molecule has 1 amide bonds. The highest BCUT2D eigenvalue weighted by Crippen LogP contribution is 2.33. The van der Waals surface area contributed by atoms with E-state index in [1.807, 2.05) is 0 Å². The summed E-state index contributed by atoms with van der Waals surface area (Å²) >= 11 is 5.87. The Morgan fingerprint density at radius 3 is 2.53 bits per heavy atom. The van der Waals surface area contributed by atoms with E-state index in [9.17, 15) is 9.59 Å². The van der Waals surface area contributed by atoms with E-state index in [1.165, 1.54) is 0 Å². The lowest BCUT2D eigenvalue weighted by atomic mass is 10.1. The van der Waals surface area contributed by atoms with Crippen LogP contribution in [-0.2, 0) is 4.79 Å². The van der Waals surface area contributed by atoms with Gasteiger partial charge in [0.15, 0.2) is 0 Å². The number of nitrogens with one attached hydrogen (secondary N) is 1. The predicted octanol–water partition coefficient (Wildman–Crippen LogP) is 1.93. The van der Waals surface area contributed by atoms with Crippen LogP contribution in [0.25, 0.3) is 0 Å². The molecule has 0 saturated heterocycles. The van der Waals surface area contributed by atoms with Gasteiger partial charge in [0, 0.05) is 0 Å². The number of benzene rings is 1. The van der Waals surface area contributed by atoms with Crippen molar-refractivity contribution >= 4 is 23.5 Å². The second kappa shape index (κ2) is 4.75. The van der Waals surface area contributed by atoms with Crippen molar-refractivity contribution in [2.45, 2.75) is 18.9 Å². The van der Waals surface area contributed by atoms with Crippen LogP contribution in [0.5, 0.6) is 0 Å². The van der Waals surface area contributed by atoms with Gasteiger partial charge in [-0.05, 0) is 30.9 Å². The van der Waals surface area contributed by atoms with E-state index < -0.39 is 17.9 Å². The van der Waals surface area contributed by atoms with Gasteiger partial charge in [0.25, 0.3) is 5.91 Å². The van der Waals surface area contributed by atoms with Crippen LogP contribution in [0, 0.1) is 5.92 Å². The molecular weight excluding hydrogens is 242 g/mol. The van der Waals surface area contributed by atoms with Crippen molar-refractivity contribution in [3.8, 4) is 0 Å². The molecule has 4 nitrogen and oxygen atoms in total. The Labute approximate surface area is 104 Å². The standard InChI is InChI=1S/C12H12ClNO3/c13-9-4-2-1-3-8(9)11(15)14-10(12(16)17)7-5-6-7/h1-4,7,10H,5-6H2,(H,14,15)(H,16,17). The monoisotopic (exact) mass is 253 g/mol. The van der Waals surface area contributed by atoms with Crippen LogP contribution in [0.1, 0.15) is 23.2 Å². The summed E-state index contributed by atoms with van der Waals surface area (Å²) in [6.45, 7) is 0. The van der Waals surface area contributed by atoms with Crippen LogP contribution in [0.2, 0.25) is 5.02 Å². The zero-order valence-corrected chi connectivity index (χ0v) is 9.78. The van der Waals surface area contributed by atoms with Crippen molar-refractivity contribution in [2.75, 3.05) is 0 Å². The van der Waals surface area contributed by atoms with Gasteiger partial charge in [0.05, 0.1) is 10.6 Å². The number of carboxylic acids is 1. The molecule has 1 aromatic carbocycles. The molecule has 0 heterocycles. The van der Waals surface area contributed by atoms with Crippen LogP contribution < -0.4 is 5.32 Å².